The summed E-state index contributed by atoms with van der Waals surface area (Å²) in [6.45, 7) is 7.32. The zero-order chi connectivity index (χ0) is 21.7. The van der Waals surface area contributed by atoms with Crippen molar-refractivity contribution in [2.45, 2.75) is 76.4 Å². The minimum Gasteiger partial charge on any atom is -0.456 e. The molecule has 10 nitrogen and oxygen atoms in total. The normalized spacial score (nSPS) is 33.9. The number of hydrogen-bond donors (Lipinski definition) is 0. The van der Waals surface area contributed by atoms with E-state index >= 15 is 0 Å². The fourth-order valence-corrected chi connectivity index (χ4v) is 4.00. The van der Waals surface area contributed by atoms with E-state index in [-0.39, 0.29) is 24.3 Å². The molecule has 0 unspecified atom stereocenters. The van der Waals surface area contributed by atoms with Gasteiger partial charge < -0.3 is 28.4 Å². The fourth-order valence-electron chi connectivity index (χ4n) is 4.00. The van der Waals surface area contributed by atoms with Gasteiger partial charge in [-0.15, -0.1) is 0 Å². The zero-order valence-corrected chi connectivity index (χ0v) is 17.2. The van der Waals surface area contributed by atoms with Crippen LogP contribution in [0.5, 0.6) is 0 Å². The summed E-state index contributed by atoms with van der Waals surface area (Å²) in [5.74, 6) is -2.31. The van der Waals surface area contributed by atoms with Crippen molar-refractivity contribution in [1.82, 2.24) is 0 Å². The lowest BCUT2D eigenvalue weighted by Crippen LogP contribution is -2.45. The Balaban J connectivity index is 1.51. The van der Waals surface area contributed by atoms with Crippen LogP contribution in [-0.4, -0.2) is 59.8 Å². The number of para-hydroxylation sites is 1. The summed E-state index contributed by atoms with van der Waals surface area (Å²) in [6, 6.07) is 6.06. The monoisotopic (exact) mass is 423 g/mol. The van der Waals surface area contributed by atoms with Gasteiger partial charge >= 0.3 is 5.97 Å². The third-order valence-corrected chi connectivity index (χ3v) is 5.21. The molecule has 5 atom stereocenters. The van der Waals surface area contributed by atoms with Gasteiger partial charge in [0, 0.05) is 11.6 Å². The number of nitro groups is 1. The van der Waals surface area contributed by atoms with Crippen LogP contribution in [0.3, 0.4) is 0 Å². The Morgan fingerprint density at radius 3 is 2.53 bits per heavy atom. The molecule has 0 N–H and O–H groups in total. The SMILES string of the molecule is CC1(C)O[C@H]2O[C@H]([C@H]3COC(C)(C)O3)[C@H](OC(=O)Cc3ccccc3[N+](=O)[O-])[C@H]2O1. The summed E-state index contributed by atoms with van der Waals surface area (Å²) in [7, 11) is 0. The van der Waals surface area contributed by atoms with Crippen LogP contribution in [0.25, 0.3) is 0 Å². The van der Waals surface area contributed by atoms with Crippen molar-refractivity contribution < 1.29 is 38.1 Å². The van der Waals surface area contributed by atoms with Crippen LogP contribution in [0.15, 0.2) is 24.3 Å². The van der Waals surface area contributed by atoms with Crippen LogP contribution in [0, 0.1) is 10.1 Å². The van der Waals surface area contributed by atoms with Gasteiger partial charge in [0.25, 0.3) is 5.69 Å². The molecular weight excluding hydrogens is 398 g/mol. The highest BCUT2D eigenvalue weighted by Gasteiger charge is 2.60. The van der Waals surface area contributed by atoms with E-state index in [1.54, 1.807) is 39.8 Å². The van der Waals surface area contributed by atoms with E-state index in [0.717, 1.165) is 0 Å². The topological polar surface area (TPSA) is 116 Å². The first kappa shape index (κ1) is 21.1. The predicted octanol–water partition coefficient (Wildman–Crippen LogP) is 2.08. The minimum atomic E-state index is -0.893. The first-order valence-corrected chi connectivity index (χ1v) is 9.79. The first-order chi connectivity index (χ1) is 14.0. The molecule has 0 spiro atoms. The highest BCUT2D eigenvalue weighted by Crippen LogP contribution is 2.42. The summed E-state index contributed by atoms with van der Waals surface area (Å²) >= 11 is 0. The molecule has 3 fully saturated rings. The lowest BCUT2D eigenvalue weighted by Gasteiger charge is -2.28. The van der Waals surface area contributed by atoms with E-state index in [2.05, 4.69) is 0 Å². The molecule has 0 aliphatic carbocycles. The molecule has 4 rings (SSSR count). The summed E-state index contributed by atoms with van der Waals surface area (Å²) in [4.78, 5) is 23.4. The summed E-state index contributed by atoms with van der Waals surface area (Å²) in [5, 5.41) is 11.2. The number of carbonyl (C=O) groups is 1. The minimum absolute atomic E-state index is 0.137. The maximum atomic E-state index is 12.7. The number of nitro benzene ring substituents is 1. The Morgan fingerprint density at radius 1 is 1.13 bits per heavy atom. The van der Waals surface area contributed by atoms with Crippen molar-refractivity contribution in [3.05, 3.63) is 39.9 Å². The maximum absolute atomic E-state index is 12.7. The Hall–Kier alpha value is -2.11. The van der Waals surface area contributed by atoms with Crippen molar-refractivity contribution in [2.75, 3.05) is 6.61 Å². The van der Waals surface area contributed by atoms with Crippen LogP contribution in [0.1, 0.15) is 33.3 Å². The maximum Gasteiger partial charge on any atom is 0.310 e. The smallest absolute Gasteiger partial charge is 0.310 e. The van der Waals surface area contributed by atoms with Gasteiger partial charge in [-0.05, 0) is 27.7 Å². The van der Waals surface area contributed by atoms with Gasteiger partial charge in [0.1, 0.15) is 12.2 Å². The molecule has 10 heteroatoms. The third-order valence-electron chi connectivity index (χ3n) is 5.21. The second-order valence-electron chi connectivity index (χ2n) is 8.45. The molecule has 0 bridgehead atoms. The molecule has 0 amide bonds. The Kier molecular flexibility index (Phi) is 5.31. The molecule has 3 aliphatic rings. The number of hydrogen-bond acceptors (Lipinski definition) is 9. The second-order valence-corrected chi connectivity index (χ2v) is 8.45. The Morgan fingerprint density at radius 2 is 1.87 bits per heavy atom. The fraction of sp³-hybridized carbons (Fsp3) is 0.650. The van der Waals surface area contributed by atoms with Crippen LogP contribution in [0.2, 0.25) is 0 Å². The lowest BCUT2D eigenvalue weighted by atomic mass is 10.1. The highest BCUT2D eigenvalue weighted by molar-refractivity contribution is 5.74. The molecule has 3 saturated heterocycles. The number of fused-ring (bicyclic) bond motifs is 1. The summed E-state index contributed by atoms with van der Waals surface area (Å²) in [6.07, 6.45) is -3.57. The van der Waals surface area contributed by atoms with Crippen molar-refractivity contribution in [3.63, 3.8) is 0 Å². The zero-order valence-electron chi connectivity index (χ0n) is 17.2. The molecular formula is C20H25NO9. The molecule has 0 aromatic heterocycles. The number of ether oxygens (including phenoxy) is 6. The molecule has 0 radical (unpaired) electrons. The quantitative estimate of drug-likeness (QED) is 0.399. The summed E-state index contributed by atoms with van der Waals surface area (Å²) < 4.78 is 34.9. The van der Waals surface area contributed by atoms with E-state index in [9.17, 15) is 14.9 Å². The van der Waals surface area contributed by atoms with Crippen LogP contribution in [-0.2, 0) is 39.6 Å². The molecule has 3 heterocycles. The predicted molar refractivity (Wildman–Crippen MR) is 100 cm³/mol. The highest BCUT2D eigenvalue weighted by atomic mass is 16.8. The summed E-state index contributed by atoms with van der Waals surface area (Å²) in [5.41, 5.74) is 0.132. The van der Waals surface area contributed by atoms with E-state index in [4.69, 9.17) is 28.4 Å². The van der Waals surface area contributed by atoms with E-state index in [1.165, 1.54) is 12.1 Å². The van der Waals surface area contributed by atoms with Gasteiger partial charge in [-0.25, -0.2) is 0 Å². The van der Waals surface area contributed by atoms with Gasteiger partial charge in [-0.1, -0.05) is 18.2 Å². The van der Waals surface area contributed by atoms with Gasteiger partial charge in [-0.3, -0.25) is 14.9 Å². The van der Waals surface area contributed by atoms with Gasteiger partial charge in [0.2, 0.25) is 0 Å². The number of rotatable bonds is 5. The van der Waals surface area contributed by atoms with Crippen molar-refractivity contribution in [3.8, 4) is 0 Å². The number of benzene rings is 1. The standard InChI is InChI=1S/C20H25NO9/c1-19(2)25-10-13(28-19)15-16(17-18(27-15)30-20(3,4)29-17)26-14(22)9-11-7-5-6-8-12(11)21(23)24/h5-8,13,15-18H,9-10H2,1-4H3/t13-,15-,16+,17-,18-/m1/s1. The second kappa shape index (κ2) is 7.54. The van der Waals surface area contributed by atoms with Gasteiger partial charge in [0.05, 0.1) is 18.0 Å². The largest absolute Gasteiger partial charge is 0.456 e. The van der Waals surface area contributed by atoms with Crippen molar-refractivity contribution in [2.24, 2.45) is 0 Å². The Bertz CT molecular complexity index is 839. The van der Waals surface area contributed by atoms with Gasteiger partial charge in [0.15, 0.2) is 30.1 Å². The number of nitrogens with zero attached hydrogens (tertiary/aromatic N) is 1. The molecule has 0 saturated carbocycles. The number of carbonyl (C=O) groups excluding carboxylic acids is 1. The van der Waals surface area contributed by atoms with E-state index in [1.807, 2.05) is 0 Å². The molecule has 164 valence electrons. The average molecular weight is 423 g/mol. The first-order valence-electron chi connectivity index (χ1n) is 9.79. The third kappa shape index (κ3) is 4.19. The van der Waals surface area contributed by atoms with Gasteiger partial charge in [-0.2, -0.15) is 0 Å². The van der Waals surface area contributed by atoms with E-state index < -0.39 is 53.2 Å². The Labute approximate surface area is 173 Å². The molecule has 30 heavy (non-hydrogen) atoms. The molecule has 1 aromatic rings. The average Bonchev–Trinajstić information content (AvgIpc) is 3.25. The molecule has 3 aliphatic heterocycles. The van der Waals surface area contributed by atoms with Crippen LogP contribution >= 0.6 is 0 Å². The molecule has 1 aromatic carbocycles. The van der Waals surface area contributed by atoms with Crippen LogP contribution < -0.4 is 0 Å². The lowest BCUT2D eigenvalue weighted by molar-refractivity contribution is -0.385. The van der Waals surface area contributed by atoms with Crippen LogP contribution in [0.4, 0.5) is 5.69 Å². The van der Waals surface area contributed by atoms with Crippen molar-refractivity contribution >= 4 is 11.7 Å². The van der Waals surface area contributed by atoms with Crippen molar-refractivity contribution in [1.29, 1.82) is 0 Å². The van der Waals surface area contributed by atoms with E-state index in [0.29, 0.717) is 0 Å². The number of esters is 1.